The van der Waals surface area contributed by atoms with Gasteiger partial charge in [0.25, 0.3) is 0 Å². The number of hydrogen-bond donors (Lipinski definition) is 2. The second kappa shape index (κ2) is 10.2. The Hall–Kier alpha value is -3.25. The van der Waals surface area contributed by atoms with Gasteiger partial charge in [0.2, 0.25) is 0 Å². The average Bonchev–Trinajstić information content (AvgIpc) is 2.73. The average molecular weight is 444 g/mol. The predicted molar refractivity (Wildman–Crippen MR) is 119 cm³/mol. The number of ether oxygens (including phenoxy) is 2. The molecule has 0 amide bonds. The van der Waals surface area contributed by atoms with E-state index in [1.807, 2.05) is 13.0 Å². The maximum Gasteiger partial charge on any atom is 0.336 e. The van der Waals surface area contributed by atoms with Crippen molar-refractivity contribution >= 4 is 23.3 Å². The molecule has 0 fully saturated rings. The van der Waals surface area contributed by atoms with Crippen molar-refractivity contribution in [2.75, 3.05) is 11.9 Å². The third-order valence-electron chi connectivity index (χ3n) is 4.75. The van der Waals surface area contributed by atoms with Crippen molar-refractivity contribution in [2.45, 2.75) is 27.0 Å². The van der Waals surface area contributed by atoms with E-state index in [-0.39, 0.29) is 18.0 Å². The Kier molecular flexibility index (Phi) is 7.36. The van der Waals surface area contributed by atoms with Crippen molar-refractivity contribution in [1.82, 2.24) is 0 Å². The van der Waals surface area contributed by atoms with E-state index in [4.69, 9.17) is 21.1 Å². The minimum atomic E-state index is -0.973. The second-order valence-electron chi connectivity index (χ2n) is 6.85. The lowest BCUT2D eigenvalue weighted by molar-refractivity contribution is 0.0696. The summed E-state index contributed by atoms with van der Waals surface area (Å²) in [5.41, 5.74) is 2.85. The largest absolute Gasteiger partial charge is 0.490 e. The lowest BCUT2D eigenvalue weighted by Crippen LogP contribution is -2.07. The van der Waals surface area contributed by atoms with Gasteiger partial charge in [0.05, 0.1) is 17.2 Å². The Bertz CT molecular complexity index is 1090. The molecule has 3 aromatic rings. The van der Waals surface area contributed by atoms with Crippen LogP contribution in [0.3, 0.4) is 0 Å². The molecule has 31 heavy (non-hydrogen) atoms. The summed E-state index contributed by atoms with van der Waals surface area (Å²) in [6, 6.07) is 15.0. The Balaban J connectivity index is 1.79. The van der Waals surface area contributed by atoms with Gasteiger partial charge in [0, 0.05) is 17.8 Å². The van der Waals surface area contributed by atoms with Gasteiger partial charge in [-0.05, 0) is 55.3 Å². The molecule has 162 valence electrons. The number of benzene rings is 3. The molecule has 3 rings (SSSR count). The number of carboxylic acid groups (broad SMARTS) is 1. The van der Waals surface area contributed by atoms with Gasteiger partial charge in [-0.1, -0.05) is 35.9 Å². The molecule has 0 heterocycles. The minimum Gasteiger partial charge on any atom is -0.490 e. The van der Waals surface area contributed by atoms with Crippen LogP contribution in [0.4, 0.5) is 10.1 Å². The van der Waals surface area contributed by atoms with E-state index < -0.39 is 5.97 Å². The molecule has 0 aliphatic heterocycles. The highest BCUT2D eigenvalue weighted by Crippen LogP contribution is 2.37. The van der Waals surface area contributed by atoms with Crippen LogP contribution in [0.15, 0.2) is 54.6 Å². The van der Waals surface area contributed by atoms with Crippen LogP contribution in [0.5, 0.6) is 11.5 Å². The lowest BCUT2D eigenvalue weighted by atomic mass is 10.1. The molecule has 0 aliphatic rings. The molecular formula is C24H23ClFNO4. The quantitative estimate of drug-likeness (QED) is 0.419. The summed E-state index contributed by atoms with van der Waals surface area (Å²) >= 11 is 6.45. The van der Waals surface area contributed by atoms with E-state index in [9.17, 15) is 14.3 Å². The SMILES string of the molecule is CCOc1cc(CNc2cccc(C(=O)O)c2C)cc(Cl)c1OCc1ccccc1F. The standard InChI is InChI=1S/C24H23ClFNO4/c1-3-30-22-12-16(13-27-21-10-6-8-18(15(21)2)24(28)29)11-19(25)23(22)31-14-17-7-4-5-9-20(17)26/h4-12,27H,3,13-14H2,1-2H3,(H,28,29). The van der Waals surface area contributed by atoms with E-state index in [2.05, 4.69) is 5.32 Å². The van der Waals surface area contributed by atoms with Crippen molar-refractivity contribution in [3.63, 3.8) is 0 Å². The summed E-state index contributed by atoms with van der Waals surface area (Å²) in [7, 11) is 0. The molecule has 0 aliphatic carbocycles. The summed E-state index contributed by atoms with van der Waals surface area (Å²) in [5, 5.41) is 12.9. The smallest absolute Gasteiger partial charge is 0.336 e. The molecule has 0 radical (unpaired) electrons. The molecule has 0 saturated carbocycles. The number of anilines is 1. The number of carboxylic acids is 1. The lowest BCUT2D eigenvalue weighted by Gasteiger charge is -2.17. The fourth-order valence-electron chi connectivity index (χ4n) is 3.15. The van der Waals surface area contributed by atoms with E-state index in [1.54, 1.807) is 49.4 Å². The first-order valence-electron chi connectivity index (χ1n) is 9.79. The highest BCUT2D eigenvalue weighted by atomic mass is 35.5. The molecular weight excluding hydrogens is 421 g/mol. The van der Waals surface area contributed by atoms with Gasteiger partial charge in [-0.3, -0.25) is 0 Å². The van der Waals surface area contributed by atoms with Gasteiger partial charge in [-0.25, -0.2) is 9.18 Å². The van der Waals surface area contributed by atoms with Crippen LogP contribution in [0, 0.1) is 12.7 Å². The molecule has 0 aromatic heterocycles. The van der Waals surface area contributed by atoms with Crippen molar-refractivity contribution in [1.29, 1.82) is 0 Å². The number of halogens is 2. The van der Waals surface area contributed by atoms with Gasteiger partial charge in [0.1, 0.15) is 12.4 Å². The Labute approximate surface area is 185 Å². The predicted octanol–water partition coefficient (Wildman–Crippen LogP) is 6.08. The second-order valence-corrected chi connectivity index (χ2v) is 7.26. The molecule has 3 aromatic carbocycles. The van der Waals surface area contributed by atoms with Crippen molar-refractivity contribution < 1.29 is 23.8 Å². The highest BCUT2D eigenvalue weighted by molar-refractivity contribution is 6.32. The Morgan fingerprint density at radius 1 is 1.13 bits per heavy atom. The van der Waals surface area contributed by atoms with Gasteiger partial charge in [0.15, 0.2) is 11.5 Å². The number of aromatic carboxylic acids is 1. The summed E-state index contributed by atoms with van der Waals surface area (Å²) in [6.45, 7) is 4.43. The van der Waals surface area contributed by atoms with Crippen molar-refractivity contribution in [3.8, 4) is 11.5 Å². The first-order valence-corrected chi connectivity index (χ1v) is 10.2. The number of nitrogens with one attached hydrogen (secondary N) is 1. The molecule has 0 spiro atoms. The maximum atomic E-state index is 13.9. The van der Waals surface area contributed by atoms with Crippen LogP contribution in [-0.4, -0.2) is 17.7 Å². The fourth-order valence-corrected chi connectivity index (χ4v) is 3.44. The van der Waals surface area contributed by atoms with Crippen LogP contribution in [0.1, 0.15) is 34.0 Å². The Morgan fingerprint density at radius 3 is 2.61 bits per heavy atom. The normalized spacial score (nSPS) is 10.6. The van der Waals surface area contributed by atoms with E-state index in [0.717, 1.165) is 5.56 Å². The number of carbonyl (C=O) groups is 1. The van der Waals surface area contributed by atoms with Crippen molar-refractivity contribution in [2.24, 2.45) is 0 Å². The van der Waals surface area contributed by atoms with E-state index in [1.165, 1.54) is 6.07 Å². The molecule has 0 unspecified atom stereocenters. The van der Waals surface area contributed by atoms with Crippen LogP contribution in [-0.2, 0) is 13.2 Å². The zero-order chi connectivity index (χ0) is 22.4. The zero-order valence-corrected chi connectivity index (χ0v) is 18.0. The number of hydrogen-bond acceptors (Lipinski definition) is 4. The highest BCUT2D eigenvalue weighted by Gasteiger charge is 2.15. The monoisotopic (exact) mass is 443 g/mol. The number of rotatable bonds is 9. The summed E-state index contributed by atoms with van der Waals surface area (Å²) < 4.78 is 25.4. The molecule has 7 heteroatoms. The molecule has 0 saturated heterocycles. The van der Waals surface area contributed by atoms with Crippen LogP contribution < -0.4 is 14.8 Å². The fraction of sp³-hybridized carbons (Fsp3) is 0.208. The van der Waals surface area contributed by atoms with Crippen molar-refractivity contribution in [3.05, 3.63) is 87.7 Å². The third-order valence-corrected chi connectivity index (χ3v) is 5.03. The van der Waals surface area contributed by atoms with Gasteiger partial charge >= 0.3 is 5.97 Å². The van der Waals surface area contributed by atoms with Crippen LogP contribution in [0.2, 0.25) is 5.02 Å². The first-order chi connectivity index (χ1) is 14.9. The van der Waals surface area contributed by atoms with Gasteiger partial charge in [-0.15, -0.1) is 0 Å². The molecule has 0 bridgehead atoms. The topological polar surface area (TPSA) is 67.8 Å². The minimum absolute atomic E-state index is 0.0191. The molecule has 5 nitrogen and oxygen atoms in total. The van der Waals surface area contributed by atoms with Gasteiger partial charge in [-0.2, -0.15) is 0 Å². The third kappa shape index (κ3) is 5.47. The summed E-state index contributed by atoms with van der Waals surface area (Å²) in [6.07, 6.45) is 0. The molecule has 0 atom stereocenters. The van der Waals surface area contributed by atoms with E-state index in [0.29, 0.717) is 46.5 Å². The summed E-state index contributed by atoms with van der Waals surface area (Å²) in [4.78, 5) is 11.3. The van der Waals surface area contributed by atoms with Crippen LogP contribution in [0.25, 0.3) is 0 Å². The Morgan fingerprint density at radius 2 is 1.90 bits per heavy atom. The van der Waals surface area contributed by atoms with Gasteiger partial charge < -0.3 is 19.9 Å². The maximum absolute atomic E-state index is 13.9. The summed E-state index contributed by atoms with van der Waals surface area (Å²) in [5.74, 6) is -0.519. The molecule has 2 N–H and O–H groups in total. The van der Waals surface area contributed by atoms with E-state index >= 15 is 0 Å². The first kappa shape index (κ1) is 22.4. The zero-order valence-electron chi connectivity index (χ0n) is 17.2. The van der Waals surface area contributed by atoms with Crippen LogP contribution >= 0.6 is 11.6 Å².